The van der Waals surface area contributed by atoms with Crippen molar-refractivity contribution in [2.45, 2.75) is 30.8 Å². The van der Waals surface area contributed by atoms with E-state index in [0.717, 1.165) is 5.56 Å². The molecule has 0 saturated carbocycles. The van der Waals surface area contributed by atoms with Crippen molar-refractivity contribution in [2.24, 2.45) is 17.6 Å². The minimum absolute atomic E-state index is 0.00804. The van der Waals surface area contributed by atoms with Crippen molar-refractivity contribution in [3.8, 4) is 11.5 Å². The van der Waals surface area contributed by atoms with E-state index in [2.05, 4.69) is 10.6 Å². The first-order valence-corrected chi connectivity index (χ1v) is 12.3. The SMILES string of the molecule is COc1ccc(CCN2C(=O)[C@H]3[C@H](CCC(N)=O)N[C@@]4(C(=O)Nc5c(Cl)cccc54)[C@@H]3C2=O)cc1OC. The molecule has 0 unspecified atom stereocenters. The standard InChI is InChI=1S/C26H27ClN4O6/c1-36-17-8-6-13(12-18(17)37-2)10-11-31-23(33)20-16(7-9-19(28)32)30-26(21(20)24(31)34)14-4-3-5-15(27)22(14)29-25(26)35/h3-6,8,12,16,20-21,30H,7,9-11H2,1-2H3,(H2,28,32)(H,29,35)/t16-,20-,21-,26+/m0/s1. The van der Waals surface area contributed by atoms with Gasteiger partial charge in [0.1, 0.15) is 5.54 Å². The Morgan fingerprint density at radius 1 is 1.11 bits per heavy atom. The molecule has 4 amide bonds. The summed E-state index contributed by atoms with van der Waals surface area (Å²) in [5.74, 6) is -2.48. The summed E-state index contributed by atoms with van der Waals surface area (Å²) < 4.78 is 10.6. The predicted octanol–water partition coefficient (Wildman–Crippen LogP) is 1.59. The van der Waals surface area contributed by atoms with Crippen molar-refractivity contribution >= 4 is 40.9 Å². The fourth-order valence-corrected chi connectivity index (χ4v) is 6.12. The van der Waals surface area contributed by atoms with Gasteiger partial charge in [-0.2, -0.15) is 0 Å². The summed E-state index contributed by atoms with van der Waals surface area (Å²) in [4.78, 5) is 53.8. The van der Waals surface area contributed by atoms with Crippen LogP contribution in [0.15, 0.2) is 36.4 Å². The number of amides is 4. The molecule has 0 bridgehead atoms. The van der Waals surface area contributed by atoms with E-state index >= 15 is 0 Å². The van der Waals surface area contributed by atoms with Crippen LogP contribution in [0.25, 0.3) is 0 Å². The molecule has 2 saturated heterocycles. The number of benzene rings is 2. The van der Waals surface area contributed by atoms with Gasteiger partial charge in [0.2, 0.25) is 23.6 Å². The molecule has 0 radical (unpaired) electrons. The van der Waals surface area contributed by atoms with Crippen molar-refractivity contribution < 1.29 is 28.7 Å². The number of methoxy groups -OCH3 is 2. The first kappa shape index (κ1) is 25.0. The Balaban J connectivity index is 1.48. The zero-order valence-corrected chi connectivity index (χ0v) is 21.1. The number of rotatable bonds is 8. The Morgan fingerprint density at radius 2 is 1.86 bits per heavy atom. The summed E-state index contributed by atoms with van der Waals surface area (Å²) in [6, 6.07) is 9.87. The molecular formula is C26H27ClN4O6. The number of imide groups is 1. The number of likely N-dealkylation sites (tertiary alicyclic amines) is 1. The van der Waals surface area contributed by atoms with E-state index in [0.29, 0.717) is 34.2 Å². The lowest BCUT2D eigenvalue weighted by atomic mass is 9.76. The summed E-state index contributed by atoms with van der Waals surface area (Å²) in [7, 11) is 3.08. The van der Waals surface area contributed by atoms with Crippen LogP contribution in [-0.4, -0.2) is 55.3 Å². The molecule has 11 heteroatoms. The maximum atomic E-state index is 13.8. The molecule has 194 valence electrons. The summed E-state index contributed by atoms with van der Waals surface area (Å²) in [6.07, 6.45) is 0.607. The molecule has 2 aromatic rings. The summed E-state index contributed by atoms with van der Waals surface area (Å²) in [5, 5.41) is 6.39. The molecule has 0 aliphatic carbocycles. The number of nitrogens with two attached hydrogens (primary N) is 1. The maximum absolute atomic E-state index is 13.8. The molecule has 0 aromatic heterocycles. The van der Waals surface area contributed by atoms with E-state index in [-0.39, 0.29) is 25.3 Å². The average molecular weight is 527 g/mol. The number of hydrogen-bond donors (Lipinski definition) is 3. The number of primary amides is 1. The van der Waals surface area contributed by atoms with Crippen LogP contribution >= 0.6 is 11.6 Å². The maximum Gasteiger partial charge on any atom is 0.250 e. The van der Waals surface area contributed by atoms with Crippen LogP contribution in [-0.2, 0) is 31.1 Å². The Morgan fingerprint density at radius 3 is 2.57 bits per heavy atom. The van der Waals surface area contributed by atoms with Crippen molar-refractivity contribution in [2.75, 3.05) is 26.1 Å². The Kier molecular flexibility index (Phi) is 6.33. The fraction of sp³-hybridized carbons (Fsp3) is 0.385. The molecule has 4 atom stereocenters. The largest absolute Gasteiger partial charge is 0.493 e. The summed E-state index contributed by atoms with van der Waals surface area (Å²) in [5.41, 5.74) is 5.69. The normalized spacial score (nSPS) is 25.9. The molecule has 4 N–H and O–H groups in total. The quantitative estimate of drug-likeness (QED) is 0.444. The second-order valence-corrected chi connectivity index (χ2v) is 9.86. The second-order valence-electron chi connectivity index (χ2n) is 9.45. The van der Waals surface area contributed by atoms with Crippen molar-refractivity contribution in [3.05, 3.63) is 52.5 Å². The van der Waals surface area contributed by atoms with Gasteiger partial charge in [0.05, 0.1) is 36.8 Å². The molecular weight excluding hydrogens is 500 g/mol. The van der Waals surface area contributed by atoms with E-state index in [1.165, 1.54) is 12.0 Å². The molecule has 5 rings (SSSR count). The number of nitrogens with zero attached hydrogens (tertiary/aromatic N) is 1. The van der Waals surface area contributed by atoms with Gasteiger partial charge >= 0.3 is 0 Å². The van der Waals surface area contributed by atoms with Crippen LogP contribution in [0.5, 0.6) is 11.5 Å². The zero-order chi connectivity index (χ0) is 26.5. The number of halogens is 1. The molecule has 3 aliphatic rings. The number of hydrogen-bond acceptors (Lipinski definition) is 7. The summed E-state index contributed by atoms with van der Waals surface area (Å²) in [6.45, 7) is 0.128. The third-order valence-electron chi connectivity index (χ3n) is 7.56. The van der Waals surface area contributed by atoms with Crippen molar-refractivity contribution in [1.82, 2.24) is 10.2 Å². The van der Waals surface area contributed by atoms with Crippen LogP contribution in [0.1, 0.15) is 24.0 Å². The monoisotopic (exact) mass is 526 g/mol. The van der Waals surface area contributed by atoms with Crippen LogP contribution in [0.2, 0.25) is 5.02 Å². The lowest BCUT2D eigenvalue weighted by molar-refractivity contribution is -0.142. The van der Waals surface area contributed by atoms with Gasteiger partial charge in [0, 0.05) is 24.6 Å². The number of ether oxygens (including phenoxy) is 2. The number of carbonyl (C=O) groups excluding carboxylic acids is 4. The molecule has 3 aliphatic heterocycles. The van der Waals surface area contributed by atoms with Crippen molar-refractivity contribution in [1.29, 1.82) is 0 Å². The van der Waals surface area contributed by atoms with Crippen LogP contribution in [0.4, 0.5) is 5.69 Å². The molecule has 10 nitrogen and oxygen atoms in total. The highest BCUT2D eigenvalue weighted by Crippen LogP contribution is 2.54. The number of fused-ring (bicyclic) bond motifs is 4. The highest BCUT2D eigenvalue weighted by Gasteiger charge is 2.70. The lowest BCUT2D eigenvalue weighted by Gasteiger charge is -2.29. The first-order chi connectivity index (χ1) is 17.7. The zero-order valence-electron chi connectivity index (χ0n) is 20.4. The van der Waals surface area contributed by atoms with Gasteiger partial charge in [-0.1, -0.05) is 29.8 Å². The minimum atomic E-state index is -1.47. The van der Waals surface area contributed by atoms with Gasteiger partial charge in [0.25, 0.3) is 0 Å². The van der Waals surface area contributed by atoms with Gasteiger partial charge < -0.3 is 20.5 Å². The van der Waals surface area contributed by atoms with Gasteiger partial charge in [-0.25, -0.2) is 0 Å². The smallest absolute Gasteiger partial charge is 0.250 e. The predicted molar refractivity (Wildman–Crippen MR) is 134 cm³/mol. The third kappa shape index (κ3) is 3.82. The van der Waals surface area contributed by atoms with E-state index in [1.807, 2.05) is 6.07 Å². The summed E-state index contributed by atoms with van der Waals surface area (Å²) >= 11 is 6.35. The number of anilines is 1. The van der Waals surface area contributed by atoms with Gasteiger partial charge in [0.15, 0.2) is 11.5 Å². The molecule has 37 heavy (non-hydrogen) atoms. The van der Waals surface area contributed by atoms with Crippen LogP contribution in [0.3, 0.4) is 0 Å². The topological polar surface area (TPSA) is 140 Å². The van der Waals surface area contributed by atoms with E-state index in [1.54, 1.807) is 37.4 Å². The number of nitrogens with one attached hydrogen (secondary N) is 2. The Hall–Kier alpha value is -3.63. The van der Waals surface area contributed by atoms with Gasteiger partial charge in [-0.3, -0.25) is 29.4 Å². The highest BCUT2D eigenvalue weighted by molar-refractivity contribution is 6.35. The third-order valence-corrected chi connectivity index (χ3v) is 7.88. The minimum Gasteiger partial charge on any atom is -0.493 e. The first-order valence-electron chi connectivity index (χ1n) is 12.0. The molecule has 1 spiro atoms. The number of para-hydroxylation sites is 1. The van der Waals surface area contributed by atoms with E-state index < -0.39 is 41.1 Å². The van der Waals surface area contributed by atoms with Gasteiger partial charge in [-0.05, 0) is 36.6 Å². The number of carbonyl (C=O) groups is 4. The Labute approximate surface area is 218 Å². The van der Waals surface area contributed by atoms with Crippen molar-refractivity contribution in [3.63, 3.8) is 0 Å². The molecule has 3 heterocycles. The van der Waals surface area contributed by atoms with Crippen LogP contribution < -0.4 is 25.8 Å². The Bertz CT molecular complexity index is 1320. The fourth-order valence-electron chi connectivity index (χ4n) is 5.90. The second kappa shape index (κ2) is 9.35. The molecule has 2 aromatic carbocycles. The van der Waals surface area contributed by atoms with Crippen LogP contribution in [0, 0.1) is 11.8 Å². The van der Waals surface area contributed by atoms with Gasteiger partial charge in [-0.15, -0.1) is 0 Å². The molecule has 2 fully saturated rings. The lowest BCUT2D eigenvalue weighted by Crippen LogP contribution is -2.53. The van der Waals surface area contributed by atoms with E-state index in [4.69, 9.17) is 26.8 Å². The average Bonchev–Trinajstić information content (AvgIpc) is 3.46. The highest BCUT2D eigenvalue weighted by atomic mass is 35.5. The van der Waals surface area contributed by atoms with E-state index in [9.17, 15) is 19.2 Å².